The molecule has 0 atom stereocenters. The fourth-order valence-electron chi connectivity index (χ4n) is 3.56. The summed E-state index contributed by atoms with van der Waals surface area (Å²) >= 11 is 0. The van der Waals surface area contributed by atoms with Crippen molar-refractivity contribution >= 4 is 12.4 Å². The van der Waals surface area contributed by atoms with Gasteiger partial charge in [0.15, 0.2) is 0 Å². The molecule has 2 rings (SSSR count). The van der Waals surface area contributed by atoms with Crippen LogP contribution in [0.3, 0.4) is 0 Å². The summed E-state index contributed by atoms with van der Waals surface area (Å²) in [5, 5.41) is 0. The first-order valence-electron chi connectivity index (χ1n) is 7.01. The number of nitrogens with two attached hydrogens (primary N) is 1. The Morgan fingerprint density at radius 3 is 2.00 bits per heavy atom. The topological polar surface area (TPSA) is 29.3 Å². The Balaban J connectivity index is 0.00000144. The van der Waals surface area contributed by atoms with Gasteiger partial charge in [-0.2, -0.15) is 0 Å². The highest BCUT2D eigenvalue weighted by atomic mass is 35.5. The van der Waals surface area contributed by atoms with Crippen LogP contribution in [0.1, 0.15) is 58.8 Å². The molecule has 1 heterocycles. The van der Waals surface area contributed by atoms with Gasteiger partial charge in [0, 0.05) is 12.1 Å². The third-order valence-electron chi connectivity index (χ3n) is 4.46. The lowest BCUT2D eigenvalue weighted by Crippen LogP contribution is -2.49. The molecule has 2 aliphatic rings. The largest absolute Gasteiger partial charge is 0.324 e. The van der Waals surface area contributed by atoms with E-state index < -0.39 is 0 Å². The zero-order chi connectivity index (χ0) is 11.6. The van der Waals surface area contributed by atoms with Crippen molar-refractivity contribution in [2.75, 3.05) is 19.6 Å². The van der Waals surface area contributed by atoms with Crippen molar-refractivity contribution in [1.29, 1.82) is 0 Å². The molecule has 3 heteroatoms. The minimum Gasteiger partial charge on any atom is -0.324 e. The Morgan fingerprint density at radius 2 is 1.53 bits per heavy atom. The molecule has 0 aromatic heterocycles. The van der Waals surface area contributed by atoms with Gasteiger partial charge in [-0.1, -0.05) is 19.3 Å². The van der Waals surface area contributed by atoms with Crippen molar-refractivity contribution in [3.05, 3.63) is 0 Å². The second kappa shape index (κ2) is 5.90. The van der Waals surface area contributed by atoms with Crippen molar-refractivity contribution in [3.63, 3.8) is 0 Å². The molecular formula is C14H29ClN2. The first-order chi connectivity index (χ1) is 7.49. The lowest BCUT2D eigenvalue weighted by atomic mass is 9.68. The van der Waals surface area contributed by atoms with Crippen LogP contribution in [0, 0.1) is 5.41 Å². The Hall–Kier alpha value is 0.210. The van der Waals surface area contributed by atoms with Crippen LogP contribution in [0.15, 0.2) is 0 Å². The second-order valence-electron chi connectivity index (χ2n) is 6.83. The van der Waals surface area contributed by atoms with Crippen molar-refractivity contribution in [2.24, 2.45) is 11.1 Å². The molecule has 0 radical (unpaired) electrons. The molecule has 0 bridgehead atoms. The standard InChI is InChI=1S/C14H28N2.ClH/c1-13(2,15)12-16-10-8-14(9-11-16)6-4-3-5-7-14;/h3-12,15H2,1-2H3;1H. The Labute approximate surface area is 113 Å². The normalized spacial score (nSPS) is 25.6. The third-order valence-corrected chi connectivity index (χ3v) is 4.46. The van der Waals surface area contributed by atoms with Crippen LogP contribution in [0.4, 0.5) is 0 Å². The molecule has 2 N–H and O–H groups in total. The summed E-state index contributed by atoms with van der Waals surface area (Å²) in [4.78, 5) is 2.57. The molecule has 1 saturated carbocycles. The second-order valence-corrected chi connectivity index (χ2v) is 6.83. The molecule has 0 amide bonds. The summed E-state index contributed by atoms with van der Waals surface area (Å²) < 4.78 is 0. The van der Waals surface area contributed by atoms with Gasteiger partial charge >= 0.3 is 0 Å². The van der Waals surface area contributed by atoms with E-state index in [1.165, 1.54) is 58.0 Å². The number of rotatable bonds is 2. The first kappa shape index (κ1) is 15.3. The molecule has 0 aromatic rings. The van der Waals surface area contributed by atoms with Crippen LogP contribution in [0.25, 0.3) is 0 Å². The highest BCUT2D eigenvalue weighted by Gasteiger charge is 2.35. The zero-order valence-electron chi connectivity index (χ0n) is 11.5. The number of halogens is 1. The summed E-state index contributed by atoms with van der Waals surface area (Å²) in [7, 11) is 0. The molecular weight excluding hydrogens is 232 g/mol. The Morgan fingerprint density at radius 1 is 1.00 bits per heavy atom. The maximum Gasteiger partial charge on any atom is 0.0226 e. The first-order valence-corrected chi connectivity index (χ1v) is 7.01. The molecule has 0 unspecified atom stereocenters. The predicted molar refractivity (Wildman–Crippen MR) is 76.7 cm³/mol. The van der Waals surface area contributed by atoms with Crippen LogP contribution >= 0.6 is 12.4 Å². The fraction of sp³-hybridized carbons (Fsp3) is 1.00. The van der Waals surface area contributed by atoms with E-state index in [1.54, 1.807) is 0 Å². The molecule has 1 saturated heterocycles. The molecule has 0 aromatic carbocycles. The number of likely N-dealkylation sites (tertiary alicyclic amines) is 1. The maximum absolute atomic E-state index is 6.09. The van der Waals surface area contributed by atoms with E-state index in [2.05, 4.69) is 18.7 Å². The average molecular weight is 261 g/mol. The zero-order valence-corrected chi connectivity index (χ0v) is 12.3. The van der Waals surface area contributed by atoms with E-state index in [4.69, 9.17) is 5.73 Å². The fourth-order valence-corrected chi connectivity index (χ4v) is 3.56. The summed E-state index contributed by atoms with van der Waals surface area (Å²) in [6, 6.07) is 0. The van der Waals surface area contributed by atoms with Gasteiger partial charge < -0.3 is 10.6 Å². The van der Waals surface area contributed by atoms with Crippen molar-refractivity contribution in [1.82, 2.24) is 4.90 Å². The van der Waals surface area contributed by atoms with E-state index in [9.17, 15) is 0 Å². The van der Waals surface area contributed by atoms with Crippen LogP contribution in [0.2, 0.25) is 0 Å². The summed E-state index contributed by atoms with van der Waals surface area (Å²) in [6.07, 6.45) is 10.2. The van der Waals surface area contributed by atoms with Crippen molar-refractivity contribution in [3.8, 4) is 0 Å². The van der Waals surface area contributed by atoms with Gasteiger partial charge in [0.25, 0.3) is 0 Å². The number of piperidine rings is 1. The van der Waals surface area contributed by atoms with Gasteiger partial charge in [0.05, 0.1) is 0 Å². The minimum absolute atomic E-state index is 0. The van der Waals surface area contributed by atoms with E-state index in [1.807, 2.05) is 0 Å². The Bertz CT molecular complexity index is 219. The van der Waals surface area contributed by atoms with E-state index >= 15 is 0 Å². The molecule has 17 heavy (non-hydrogen) atoms. The monoisotopic (exact) mass is 260 g/mol. The van der Waals surface area contributed by atoms with Crippen LogP contribution < -0.4 is 5.73 Å². The molecule has 102 valence electrons. The molecule has 1 aliphatic carbocycles. The van der Waals surface area contributed by atoms with E-state index in [-0.39, 0.29) is 17.9 Å². The summed E-state index contributed by atoms with van der Waals surface area (Å²) in [6.45, 7) is 7.89. The predicted octanol–water partition coefficient (Wildman–Crippen LogP) is 3.19. The number of hydrogen-bond donors (Lipinski definition) is 1. The van der Waals surface area contributed by atoms with Crippen LogP contribution in [0.5, 0.6) is 0 Å². The van der Waals surface area contributed by atoms with E-state index in [0.29, 0.717) is 0 Å². The van der Waals surface area contributed by atoms with Crippen LogP contribution in [-0.2, 0) is 0 Å². The minimum atomic E-state index is -0.0307. The van der Waals surface area contributed by atoms with Gasteiger partial charge in [-0.25, -0.2) is 0 Å². The third kappa shape index (κ3) is 4.42. The highest BCUT2D eigenvalue weighted by Crippen LogP contribution is 2.44. The molecule has 1 aliphatic heterocycles. The Kier molecular flexibility index (Phi) is 5.30. The number of hydrogen-bond acceptors (Lipinski definition) is 2. The van der Waals surface area contributed by atoms with Crippen molar-refractivity contribution in [2.45, 2.75) is 64.3 Å². The van der Waals surface area contributed by atoms with Gasteiger partial charge in [-0.15, -0.1) is 12.4 Å². The maximum atomic E-state index is 6.09. The molecule has 2 nitrogen and oxygen atoms in total. The van der Waals surface area contributed by atoms with Gasteiger partial charge in [0.1, 0.15) is 0 Å². The smallest absolute Gasteiger partial charge is 0.0226 e. The van der Waals surface area contributed by atoms with Crippen molar-refractivity contribution < 1.29 is 0 Å². The summed E-state index contributed by atoms with van der Waals surface area (Å²) in [5.74, 6) is 0. The van der Waals surface area contributed by atoms with Gasteiger partial charge in [0.2, 0.25) is 0 Å². The molecule has 2 fully saturated rings. The lowest BCUT2D eigenvalue weighted by molar-refractivity contribution is 0.0592. The lowest BCUT2D eigenvalue weighted by Gasteiger charge is -2.45. The van der Waals surface area contributed by atoms with E-state index in [0.717, 1.165) is 12.0 Å². The van der Waals surface area contributed by atoms with Gasteiger partial charge in [-0.3, -0.25) is 0 Å². The molecule has 1 spiro atoms. The van der Waals surface area contributed by atoms with Crippen LogP contribution in [-0.4, -0.2) is 30.1 Å². The SMILES string of the molecule is CC(C)(N)CN1CCC2(CCCCC2)CC1.Cl. The number of nitrogens with zero attached hydrogens (tertiary/aromatic N) is 1. The highest BCUT2D eigenvalue weighted by molar-refractivity contribution is 5.85. The summed E-state index contributed by atoms with van der Waals surface area (Å²) in [5.41, 5.74) is 6.79. The quantitative estimate of drug-likeness (QED) is 0.826. The van der Waals surface area contributed by atoms with Gasteiger partial charge in [-0.05, 0) is 58.0 Å². The average Bonchev–Trinajstić information content (AvgIpc) is 2.22.